The first-order valence-corrected chi connectivity index (χ1v) is 8.74. The third-order valence-corrected chi connectivity index (χ3v) is 4.13. The molecule has 7 heteroatoms. The molecule has 0 radical (unpaired) electrons. The second-order valence-electron chi connectivity index (χ2n) is 6.74. The number of esters is 1. The summed E-state index contributed by atoms with van der Waals surface area (Å²) in [5, 5.41) is 8.36. The summed E-state index contributed by atoms with van der Waals surface area (Å²) in [6.45, 7) is 1.55. The standard InChI is InChI=1S/C21H21N3O4/c1-21(14-19(25)12-13-27-21)28-20(26)15-4-6-16(7-5-15)22-23-17-8-10-18(11-9-17)24(2)3/h4-13H,14H2,1-3H3/b23-22+. The summed E-state index contributed by atoms with van der Waals surface area (Å²) in [7, 11) is 3.94. The van der Waals surface area contributed by atoms with Gasteiger partial charge in [-0.3, -0.25) is 4.79 Å². The summed E-state index contributed by atoms with van der Waals surface area (Å²) in [5.74, 6) is -2.02. The van der Waals surface area contributed by atoms with Gasteiger partial charge < -0.3 is 14.4 Å². The molecule has 0 bridgehead atoms. The van der Waals surface area contributed by atoms with Crippen molar-refractivity contribution in [2.45, 2.75) is 19.1 Å². The Hall–Kier alpha value is -3.48. The molecule has 0 N–H and O–H groups in total. The highest BCUT2D eigenvalue weighted by Gasteiger charge is 2.35. The second kappa shape index (κ2) is 8.04. The zero-order valence-corrected chi connectivity index (χ0v) is 16.0. The molecule has 0 fully saturated rings. The van der Waals surface area contributed by atoms with E-state index in [1.165, 1.54) is 12.3 Å². The van der Waals surface area contributed by atoms with Gasteiger partial charge in [0.2, 0.25) is 0 Å². The van der Waals surface area contributed by atoms with Gasteiger partial charge in [-0.25, -0.2) is 4.79 Å². The van der Waals surface area contributed by atoms with Gasteiger partial charge in [0.25, 0.3) is 5.79 Å². The number of benzene rings is 2. The molecule has 0 spiro atoms. The van der Waals surface area contributed by atoms with E-state index in [1.54, 1.807) is 31.2 Å². The van der Waals surface area contributed by atoms with Crippen molar-refractivity contribution in [3.05, 3.63) is 66.4 Å². The van der Waals surface area contributed by atoms with E-state index in [2.05, 4.69) is 10.2 Å². The van der Waals surface area contributed by atoms with Crippen LogP contribution < -0.4 is 4.90 Å². The predicted octanol–water partition coefficient (Wildman–Crippen LogP) is 4.54. The molecule has 1 aliphatic rings. The molecule has 28 heavy (non-hydrogen) atoms. The van der Waals surface area contributed by atoms with Gasteiger partial charge in [-0.15, -0.1) is 0 Å². The lowest BCUT2D eigenvalue weighted by molar-refractivity contribution is -0.171. The van der Waals surface area contributed by atoms with Crippen molar-refractivity contribution in [1.82, 2.24) is 0 Å². The highest BCUT2D eigenvalue weighted by Crippen LogP contribution is 2.25. The van der Waals surface area contributed by atoms with Crippen molar-refractivity contribution >= 4 is 28.8 Å². The van der Waals surface area contributed by atoms with Crippen LogP contribution in [0.3, 0.4) is 0 Å². The van der Waals surface area contributed by atoms with Gasteiger partial charge in [-0.2, -0.15) is 10.2 Å². The first-order valence-electron chi connectivity index (χ1n) is 8.74. The quantitative estimate of drug-likeness (QED) is 0.563. The molecule has 1 unspecified atom stereocenters. The first kappa shape index (κ1) is 19.3. The van der Waals surface area contributed by atoms with E-state index < -0.39 is 11.8 Å². The second-order valence-corrected chi connectivity index (χ2v) is 6.74. The van der Waals surface area contributed by atoms with Crippen LogP contribution >= 0.6 is 0 Å². The largest absolute Gasteiger partial charge is 0.459 e. The molecule has 1 aliphatic heterocycles. The predicted molar refractivity (Wildman–Crippen MR) is 105 cm³/mol. The van der Waals surface area contributed by atoms with Gasteiger partial charge in [-0.1, -0.05) is 0 Å². The van der Waals surface area contributed by atoms with Crippen molar-refractivity contribution in [3.63, 3.8) is 0 Å². The Balaban J connectivity index is 1.63. The Kier molecular flexibility index (Phi) is 5.54. The van der Waals surface area contributed by atoms with Crippen molar-refractivity contribution in [1.29, 1.82) is 0 Å². The minimum Gasteiger partial charge on any atom is -0.459 e. The van der Waals surface area contributed by atoms with Gasteiger partial charge in [0.05, 0.1) is 29.6 Å². The summed E-state index contributed by atoms with van der Waals surface area (Å²) < 4.78 is 10.6. The number of carbonyl (C=O) groups is 2. The summed E-state index contributed by atoms with van der Waals surface area (Å²) >= 11 is 0. The number of allylic oxidation sites excluding steroid dienone is 1. The highest BCUT2D eigenvalue weighted by molar-refractivity contribution is 5.92. The number of ether oxygens (including phenoxy) is 2. The van der Waals surface area contributed by atoms with Gasteiger partial charge in [0, 0.05) is 32.8 Å². The Labute approximate surface area is 163 Å². The lowest BCUT2D eigenvalue weighted by Crippen LogP contribution is -2.37. The maximum atomic E-state index is 12.3. The van der Waals surface area contributed by atoms with E-state index >= 15 is 0 Å². The molecule has 2 aromatic carbocycles. The number of ketones is 1. The van der Waals surface area contributed by atoms with E-state index in [-0.39, 0.29) is 12.2 Å². The van der Waals surface area contributed by atoms with Gasteiger partial charge in [0.1, 0.15) is 0 Å². The maximum Gasteiger partial charge on any atom is 0.341 e. The number of hydrogen-bond acceptors (Lipinski definition) is 7. The SMILES string of the molecule is CN(C)c1ccc(/N=N/c2ccc(C(=O)OC3(C)CC(=O)C=CO3)cc2)cc1. The molecule has 1 atom stereocenters. The first-order chi connectivity index (χ1) is 13.3. The number of anilines is 1. The summed E-state index contributed by atoms with van der Waals surface area (Å²) in [6.07, 6.45) is 2.53. The molecule has 0 aliphatic carbocycles. The lowest BCUT2D eigenvalue weighted by atomic mass is 10.1. The van der Waals surface area contributed by atoms with Crippen LogP contribution in [0.1, 0.15) is 23.7 Å². The fourth-order valence-electron chi connectivity index (χ4n) is 2.58. The third-order valence-electron chi connectivity index (χ3n) is 4.13. The number of hydrogen-bond donors (Lipinski definition) is 0. The van der Waals surface area contributed by atoms with E-state index in [0.717, 1.165) is 11.4 Å². The normalized spacial score (nSPS) is 18.8. The molecular weight excluding hydrogens is 358 g/mol. The molecule has 7 nitrogen and oxygen atoms in total. The Morgan fingerprint density at radius 1 is 1.04 bits per heavy atom. The minimum absolute atomic E-state index is 0.0197. The van der Waals surface area contributed by atoms with Crippen molar-refractivity contribution in [2.24, 2.45) is 10.2 Å². The van der Waals surface area contributed by atoms with E-state index in [9.17, 15) is 9.59 Å². The van der Waals surface area contributed by atoms with Crippen molar-refractivity contribution in [2.75, 3.05) is 19.0 Å². The van der Waals surface area contributed by atoms with Crippen molar-refractivity contribution in [3.8, 4) is 0 Å². The third kappa shape index (κ3) is 4.82. The fraction of sp³-hybridized carbons (Fsp3) is 0.238. The zero-order valence-electron chi connectivity index (χ0n) is 16.0. The van der Waals surface area contributed by atoms with Crippen LogP contribution in [0.2, 0.25) is 0 Å². The van der Waals surface area contributed by atoms with Crippen LogP contribution in [0.4, 0.5) is 17.1 Å². The molecule has 0 saturated carbocycles. The van der Waals surface area contributed by atoms with Crippen LogP contribution in [-0.4, -0.2) is 31.6 Å². The van der Waals surface area contributed by atoms with Gasteiger partial charge >= 0.3 is 5.97 Å². The van der Waals surface area contributed by atoms with E-state index in [0.29, 0.717) is 11.3 Å². The lowest BCUT2D eigenvalue weighted by Gasteiger charge is -2.29. The van der Waals surface area contributed by atoms with Crippen LogP contribution in [0.5, 0.6) is 0 Å². The number of nitrogens with zero attached hydrogens (tertiary/aromatic N) is 3. The van der Waals surface area contributed by atoms with E-state index in [4.69, 9.17) is 9.47 Å². The zero-order chi connectivity index (χ0) is 20.1. The maximum absolute atomic E-state index is 12.3. The summed E-state index contributed by atoms with van der Waals surface area (Å²) in [4.78, 5) is 25.8. The monoisotopic (exact) mass is 379 g/mol. The van der Waals surface area contributed by atoms with Gasteiger partial charge in [0.15, 0.2) is 5.78 Å². The summed E-state index contributed by atoms with van der Waals surface area (Å²) in [6, 6.07) is 14.2. The highest BCUT2D eigenvalue weighted by atomic mass is 16.7. The van der Waals surface area contributed by atoms with Crippen LogP contribution in [0, 0.1) is 0 Å². The van der Waals surface area contributed by atoms with Crippen molar-refractivity contribution < 1.29 is 19.1 Å². The van der Waals surface area contributed by atoms with Crippen LogP contribution in [0.15, 0.2) is 71.1 Å². The smallest absolute Gasteiger partial charge is 0.341 e. The topological polar surface area (TPSA) is 80.6 Å². The average molecular weight is 379 g/mol. The van der Waals surface area contributed by atoms with E-state index in [1.807, 2.05) is 43.3 Å². The molecule has 144 valence electrons. The summed E-state index contributed by atoms with van der Waals surface area (Å²) in [5.41, 5.74) is 2.75. The molecule has 3 rings (SSSR count). The molecular formula is C21H21N3O4. The molecule has 0 amide bonds. The number of rotatable bonds is 5. The van der Waals surface area contributed by atoms with Crippen LogP contribution in [-0.2, 0) is 14.3 Å². The number of carbonyl (C=O) groups excluding carboxylic acids is 2. The van der Waals surface area contributed by atoms with Crippen LogP contribution in [0.25, 0.3) is 0 Å². The minimum atomic E-state index is -1.29. The molecule has 2 aromatic rings. The molecule has 0 saturated heterocycles. The molecule has 1 heterocycles. The number of azo groups is 1. The Morgan fingerprint density at radius 3 is 2.14 bits per heavy atom. The Morgan fingerprint density at radius 2 is 1.61 bits per heavy atom. The van der Waals surface area contributed by atoms with Gasteiger partial charge in [-0.05, 0) is 48.5 Å². The Bertz CT molecular complexity index is 918. The molecule has 0 aromatic heterocycles. The average Bonchev–Trinajstić information content (AvgIpc) is 2.66. The fourth-order valence-corrected chi connectivity index (χ4v) is 2.58.